The molecule has 0 aliphatic heterocycles. The van der Waals surface area contributed by atoms with Crippen molar-refractivity contribution in [1.29, 1.82) is 0 Å². The van der Waals surface area contributed by atoms with Gasteiger partial charge in [0.2, 0.25) is 0 Å². The van der Waals surface area contributed by atoms with Crippen molar-refractivity contribution in [3.63, 3.8) is 0 Å². The molecule has 1 heterocycles. The Bertz CT molecular complexity index is 479. The summed E-state index contributed by atoms with van der Waals surface area (Å²) in [6.45, 7) is 2.68. The number of hydrogen-bond donors (Lipinski definition) is 2. The van der Waals surface area contributed by atoms with Crippen molar-refractivity contribution >= 4 is 5.82 Å². The number of nitrogen functional groups attached to an aromatic ring is 1. The van der Waals surface area contributed by atoms with Gasteiger partial charge in [-0.2, -0.15) is 5.10 Å². The lowest BCUT2D eigenvalue weighted by Gasteiger charge is -2.08. The Morgan fingerprint density at radius 1 is 1.29 bits per heavy atom. The number of aryl methyl sites for hydroxylation is 2. The van der Waals surface area contributed by atoms with E-state index in [9.17, 15) is 0 Å². The van der Waals surface area contributed by atoms with Crippen LogP contribution < -0.4 is 10.5 Å². The predicted molar refractivity (Wildman–Crippen MR) is 68.0 cm³/mol. The van der Waals surface area contributed by atoms with E-state index in [1.54, 1.807) is 0 Å². The number of nitrogens with two attached hydrogens (primary N) is 1. The molecular weight excluding hydrogens is 214 g/mol. The van der Waals surface area contributed by atoms with Gasteiger partial charge in [0.1, 0.15) is 11.6 Å². The summed E-state index contributed by atoms with van der Waals surface area (Å²) in [5, 5.41) is 6.82. The maximum Gasteiger partial charge on any atom is 0.145 e. The molecule has 0 spiro atoms. The number of rotatable bonds is 5. The molecule has 17 heavy (non-hydrogen) atoms. The molecule has 0 bridgehead atoms. The van der Waals surface area contributed by atoms with Gasteiger partial charge < -0.3 is 10.5 Å². The van der Waals surface area contributed by atoms with Crippen molar-refractivity contribution in [2.45, 2.75) is 19.8 Å². The van der Waals surface area contributed by atoms with Crippen molar-refractivity contribution in [3.05, 3.63) is 41.6 Å². The van der Waals surface area contributed by atoms with E-state index in [1.807, 2.05) is 31.2 Å². The van der Waals surface area contributed by atoms with Crippen molar-refractivity contribution in [2.24, 2.45) is 0 Å². The molecule has 4 nitrogen and oxygen atoms in total. The highest BCUT2D eigenvalue weighted by molar-refractivity contribution is 5.34. The normalized spacial score (nSPS) is 10.4. The van der Waals surface area contributed by atoms with Gasteiger partial charge in [0.05, 0.1) is 6.61 Å². The third-order valence-corrected chi connectivity index (χ3v) is 2.59. The summed E-state index contributed by atoms with van der Waals surface area (Å²) in [6, 6.07) is 9.97. The van der Waals surface area contributed by atoms with Crippen LogP contribution in [0, 0.1) is 0 Å². The Balaban J connectivity index is 2.03. The molecule has 2 rings (SSSR count). The number of nitrogens with zero attached hydrogens (tertiary/aromatic N) is 1. The van der Waals surface area contributed by atoms with Gasteiger partial charge in [0.25, 0.3) is 0 Å². The standard InChI is InChI=1S/C13H17N3O/c1-2-17-12-6-4-3-5-10(12)7-8-11-9-13(14)16-15-11/h3-6,9H,2,7-8H2,1H3,(H3,14,15,16). The smallest absolute Gasteiger partial charge is 0.145 e. The first kappa shape index (κ1) is 11.5. The van der Waals surface area contributed by atoms with Gasteiger partial charge in [-0.1, -0.05) is 18.2 Å². The number of aromatic nitrogens is 2. The molecule has 4 heteroatoms. The van der Waals surface area contributed by atoms with Crippen molar-refractivity contribution in [3.8, 4) is 5.75 Å². The average Bonchev–Trinajstić information content (AvgIpc) is 2.74. The van der Waals surface area contributed by atoms with E-state index in [2.05, 4.69) is 16.3 Å². The maximum atomic E-state index is 5.58. The minimum atomic E-state index is 0.540. The highest BCUT2D eigenvalue weighted by Crippen LogP contribution is 2.19. The van der Waals surface area contributed by atoms with E-state index < -0.39 is 0 Å². The molecule has 0 unspecified atom stereocenters. The monoisotopic (exact) mass is 231 g/mol. The lowest BCUT2D eigenvalue weighted by molar-refractivity contribution is 0.336. The van der Waals surface area contributed by atoms with Crippen LogP contribution in [0.1, 0.15) is 18.2 Å². The molecule has 0 amide bonds. The summed E-state index contributed by atoms with van der Waals surface area (Å²) in [4.78, 5) is 0. The molecule has 0 atom stereocenters. The number of hydrogen-bond acceptors (Lipinski definition) is 3. The molecule has 1 aromatic carbocycles. The summed E-state index contributed by atoms with van der Waals surface area (Å²) >= 11 is 0. The number of nitrogens with one attached hydrogen (secondary N) is 1. The van der Waals surface area contributed by atoms with Gasteiger partial charge in [-0.3, -0.25) is 5.10 Å². The molecular formula is C13H17N3O. The van der Waals surface area contributed by atoms with E-state index in [4.69, 9.17) is 10.5 Å². The second-order valence-corrected chi connectivity index (χ2v) is 3.86. The van der Waals surface area contributed by atoms with E-state index in [0.29, 0.717) is 12.4 Å². The number of anilines is 1. The third kappa shape index (κ3) is 3.00. The number of aromatic amines is 1. The Hall–Kier alpha value is -1.97. The van der Waals surface area contributed by atoms with Crippen molar-refractivity contribution < 1.29 is 4.74 Å². The zero-order valence-electron chi connectivity index (χ0n) is 9.94. The van der Waals surface area contributed by atoms with Crippen LogP contribution in [0.5, 0.6) is 5.75 Å². The zero-order chi connectivity index (χ0) is 12.1. The predicted octanol–water partition coefficient (Wildman–Crippen LogP) is 2.18. The minimum absolute atomic E-state index is 0.540. The second-order valence-electron chi connectivity index (χ2n) is 3.86. The quantitative estimate of drug-likeness (QED) is 0.829. The molecule has 2 aromatic rings. The largest absolute Gasteiger partial charge is 0.494 e. The first-order chi connectivity index (χ1) is 8.29. The van der Waals surface area contributed by atoms with Crippen molar-refractivity contribution in [1.82, 2.24) is 10.2 Å². The summed E-state index contributed by atoms with van der Waals surface area (Å²) in [6.07, 6.45) is 1.80. The van der Waals surface area contributed by atoms with Gasteiger partial charge in [-0.25, -0.2) is 0 Å². The highest BCUT2D eigenvalue weighted by atomic mass is 16.5. The molecule has 0 saturated carbocycles. The maximum absolute atomic E-state index is 5.58. The van der Waals surface area contributed by atoms with Gasteiger partial charge in [-0.15, -0.1) is 0 Å². The molecule has 0 fully saturated rings. The van der Waals surface area contributed by atoms with Crippen LogP contribution >= 0.6 is 0 Å². The van der Waals surface area contributed by atoms with Crippen molar-refractivity contribution in [2.75, 3.05) is 12.3 Å². The Kier molecular flexibility index (Phi) is 3.65. The fourth-order valence-electron chi connectivity index (χ4n) is 1.78. The topological polar surface area (TPSA) is 63.9 Å². The molecule has 0 aliphatic carbocycles. The summed E-state index contributed by atoms with van der Waals surface area (Å²) in [7, 11) is 0. The molecule has 1 aromatic heterocycles. The first-order valence-corrected chi connectivity index (χ1v) is 5.80. The van der Waals surface area contributed by atoms with Crippen LogP contribution in [0.15, 0.2) is 30.3 Å². The highest BCUT2D eigenvalue weighted by Gasteiger charge is 2.04. The molecule has 3 N–H and O–H groups in total. The summed E-state index contributed by atoms with van der Waals surface area (Å²) in [5.74, 6) is 1.50. The molecule has 0 saturated heterocycles. The number of benzene rings is 1. The summed E-state index contributed by atoms with van der Waals surface area (Å²) < 4.78 is 5.58. The molecule has 0 aliphatic rings. The third-order valence-electron chi connectivity index (χ3n) is 2.59. The fourth-order valence-corrected chi connectivity index (χ4v) is 1.78. The van der Waals surface area contributed by atoms with E-state index >= 15 is 0 Å². The fraction of sp³-hybridized carbons (Fsp3) is 0.308. The van der Waals surface area contributed by atoms with Gasteiger partial charge in [0, 0.05) is 11.8 Å². The molecule has 90 valence electrons. The Morgan fingerprint density at radius 3 is 2.82 bits per heavy atom. The van der Waals surface area contributed by atoms with E-state index in [-0.39, 0.29) is 0 Å². The summed E-state index contributed by atoms with van der Waals surface area (Å²) in [5.41, 5.74) is 7.82. The Labute approximate surface area is 101 Å². The van der Waals surface area contributed by atoms with Gasteiger partial charge in [0.15, 0.2) is 0 Å². The zero-order valence-corrected chi connectivity index (χ0v) is 9.94. The molecule has 0 radical (unpaired) electrons. The van der Waals surface area contributed by atoms with Crippen LogP contribution in [-0.2, 0) is 12.8 Å². The SMILES string of the molecule is CCOc1ccccc1CCc1cc(N)n[nH]1. The van der Waals surface area contributed by atoms with Crippen LogP contribution in [0.4, 0.5) is 5.82 Å². The van der Waals surface area contributed by atoms with Crippen LogP contribution in [-0.4, -0.2) is 16.8 Å². The van der Waals surface area contributed by atoms with Gasteiger partial charge in [-0.05, 0) is 31.4 Å². The minimum Gasteiger partial charge on any atom is -0.494 e. The second kappa shape index (κ2) is 5.39. The van der Waals surface area contributed by atoms with Gasteiger partial charge >= 0.3 is 0 Å². The van der Waals surface area contributed by atoms with Crippen LogP contribution in [0.3, 0.4) is 0 Å². The number of para-hydroxylation sites is 1. The number of ether oxygens (including phenoxy) is 1. The van der Waals surface area contributed by atoms with E-state index in [1.165, 1.54) is 5.56 Å². The van der Waals surface area contributed by atoms with Crippen LogP contribution in [0.25, 0.3) is 0 Å². The lowest BCUT2D eigenvalue weighted by Crippen LogP contribution is -1.98. The average molecular weight is 231 g/mol. The van der Waals surface area contributed by atoms with E-state index in [0.717, 1.165) is 24.3 Å². The van der Waals surface area contributed by atoms with Crippen LogP contribution in [0.2, 0.25) is 0 Å². The lowest BCUT2D eigenvalue weighted by atomic mass is 10.1. The first-order valence-electron chi connectivity index (χ1n) is 5.80. The number of H-pyrrole nitrogens is 1. The Morgan fingerprint density at radius 2 is 2.12 bits per heavy atom.